The molecule has 0 atom stereocenters. The number of aromatic nitrogens is 2. The number of anilines is 1. The number of rotatable bonds is 3. The molecule has 5 nitrogen and oxygen atoms in total. The van der Waals surface area contributed by atoms with Crippen molar-refractivity contribution < 1.29 is 4.74 Å². The fourth-order valence-corrected chi connectivity index (χ4v) is 1.86. The molecule has 2 rings (SSSR count). The maximum atomic E-state index is 5.92. The Morgan fingerprint density at radius 2 is 1.86 bits per heavy atom. The molecule has 1 heterocycles. The first-order valence-corrected chi connectivity index (χ1v) is 6.91. The van der Waals surface area contributed by atoms with Gasteiger partial charge in [-0.05, 0) is 31.5 Å². The zero-order valence-corrected chi connectivity index (χ0v) is 13.2. The molecule has 0 unspecified atom stereocenters. The second-order valence-electron chi connectivity index (χ2n) is 6.14. The topological polar surface area (TPSA) is 73.1 Å². The normalized spacial score (nSPS) is 11.3. The number of benzene rings is 1. The van der Waals surface area contributed by atoms with Crippen molar-refractivity contribution in [2.75, 3.05) is 5.43 Å². The van der Waals surface area contributed by atoms with Crippen molar-refractivity contribution in [3.8, 4) is 11.6 Å². The van der Waals surface area contributed by atoms with Gasteiger partial charge in [0.25, 0.3) is 0 Å². The summed E-state index contributed by atoms with van der Waals surface area (Å²) >= 11 is 0. The van der Waals surface area contributed by atoms with Gasteiger partial charge in [0, 0.05) is 5.41 Å². The van der Waals surface area contributed by atoms with Crippen molar-refractivity contribution in [3.05, 3.63) is 41.2 Å². The Hall–Kier alpha value is -2.14. The predicted octanol–water partition coefficient (Wildman–Crippen LogP) is 3.47. The summed E-state index contributed by atoms with van der Waals surface area (Å²) in [6.45, 7) is 10.1. The summed E-state index contributed by atoms with van der Waals surface area (Å²) < 4.78 is 5.92. The second-order valence-corrected chi connectivity index (χ2v) is 6.14. The third-order valence-corrected chi connectivity index (χ3v) is 3.11. The average molecular weight is 286 g/mol. The van der Waals surface area contributed by atoms with E-state index in [0.29, 0.717) is 17.5 Å². The van der Waals surface area contributed by atoms with Gasteiger partial charge in [-0.3, -0.25) is 0 Å². The lowest BCUT2D eigenvalue weighted by atomic mass is 9.95. The lowest BCUT2D eigenvalue weighted by Gasteiger charge is -2.20. The van der Waals surface area contributed by atoms with Gasteiger partial charge in [-0.15, -0.1) is 0 Å². The van der Waals surface area contributed by atoms with Gasteiger partial charge in [-0.2, -0.15) is 4.98 Å². The van der Waals surface area contributed by atoms with E-state index in [1.165, 1.54) is 0 Å². The molecule has 1 aromatic heterocycles. The summed E-state index contributed by atoms with van der Waals surface area (Å²) in [6, 6.07) is 7.84. The summed E-state index contributed by atoms with van der Waals surface area (Å²) in [4.78, 5) is 9.00. The molecule has 21 heavy (non-hydrogen) atoms. The molecule has 0 aliphatic heterocycles. The Labute approximate surface area is 125 Å². The Bertz CT molecular complexity index is 647. The van der Waals surface area contributed by atoms with Crippen molar-refractivity contribution in [1.29, 1.82) is 0 Å². The standard InChI is InChI=1S/C16H22N4O/c1-10-7-6-8-12(9-10)21-14-11(2)13(20-17)18-15(19-14)16(3,4)5/h6-9H,17H2,1-5H3,(H,18,19,20). The number of hydrazine groups is 1. The quantitative estimate of drug-likeness (QED) is 0.667. The minimum absolute atomic E-state index is 0.190. The molecule has 2 aromatic rings. The fourth-order valence-electron chi connectivity index (χ4n) is 1.86. The van der Waals surface area contributed by atoms with Crippen LogP contribution in [0.25, 0.3) is 0 Å². The summed E-state index contributed by atoms with van der Waals surface area (Å²) in [7, 11) is 0. The first kappa shape index (κ1) is 15.3. The van der Waals surface area contributed by atoms with E-state index in [4.69, 9.17) is 10.6 Å². The molecule has 0 aliphatic carbocycles. The lowest BCUT2D eigenvalue weighted by molar-refractivity contribution is 0.442. The molecule has 1 aromatic carbocycles. The fraction of sp³-hybridized carbons (Fsp3) is 0.375. The molecule has 0 bridgehead atoms. The zero-order chi connectivity index (χ0) is 15.6. The van der Waals surface area contributed by atoms with Gasteiger partial charge in [0.2, 0.25) is 5.88 Å². The SMILES string of the molecule is Cc1cccc(Oc2nc(C(C)(C)C)nc(NN)c2C)c1. The molecule has 0 radical (unpaired) electrons. The Balaban J connectivity index is 2.47. The molecular formula is C16H22N4O. The third kappa shape index (κ3) is 3.49. The Kier molecular flexibility index (Phi) is 4.14. The number of hydrogen-bond acceptors (Lipinski definition) is 5. The van der Waals surface area contributed by atoms with Crippen LogP contribution in [0.15, 0.2) is 24.3 Å². The van der Waals surface area contributed by atoms with Crippen LogP contribution in [-0.2, 0) is 5.41 Å². The molecule has 0 aliphatic rings. The summed E-state index contributed by atoms with van der Waals surface area (Å²) in [5.41, 5.74) is 4.34. The van der Waals surface area contributed by atoms with Gasteiger partial charge in [0.05, 0.1) is 5.56 Å². The predicted molar refractivity (Wildman–Crippen MR) is 84.5 cm³/mol. The van der Waals surface area contributed by atoms with Gasteiger partial charge >= 0.3 is 0 Å². The van der Waals surface area contributed by atoms with Crippen LogP contribution in [0.2, 0.25) is 0 Å². The van der Waals surface area contributed by atoms with Crippen LogP contribution >= 0.6 is 0 Å². The Morgan fingerprint density at radius 3 is 2.43 bits per heavy atom. The highest BCUT2D eigenvalue weighted by molar-refractivity contribution is 5.49. The van der Waals surface area contributed by atoms with Crippen LogP contribution in [0.5, 0.6) is 11.6 Å². The van der Waals surface area contributed by atoms with E-state index in [1.54, 1.807) is 0 Å². The van der Waals surface area contributed by atoms with E-state index in [0.717, 1.165) is 16.9 Å². The van der Waals surface area contributed by atoms with Gasteiger partial charge in [-0.1, -0.05) is 32.9 Å². The number of ether oxygens (including phenoxy) is 1. The number of nitrogens with one attached hydrogen (secondary N) is 1. The van der Waals surface area contributed by atoms with Crippen LogP contribution in [-0.4, -0.2) is 9.97 Å². The Morgan fingerprint density at radius 1 is 1.14 bits per heavy atom. The largest absolute Gasteiger partial charge is 0.439 e. The summed E-state index contributed by atoms with van der Waals surface area (Å²) in [6.07, 6.45) is 0. The maximum Gasteiger partial charge on any atom is 0.227 e. The number of nitrogens with zero attached hydrogens (tertiary/aromatic N) is 2. The highest BCUT2D eigenvalue weighted by Crippen LogP contribution is 2.30. The molecule has 112 valence electrons. The molecule has 5 heteroatoms. The average Bonchev–Trinajstić information content (AvgIpc) is 2.40. The van der Waals surface area contributed by atoms with Gasteiger partial charge < -0.3 is 10.2 Å². The van der Waals surface area contributed by atoms with Crippen LogP contribution < -0.4 is 16.0 Å². The van der Waals surface area contributed by atoms with Crippen molar-refractivity contribution in [2.24, 2.45) is 5.84 Å². The summed E-state index contributed by atoms with van der Waals surface area (Å²) in [5.74, 6) is 8.09. The van der Waals surface area contributed by atoms with Crippen LogP contribution in [0, 0.1) is 13.8 Å². The maximum absolute atomic E-state index is 5.92. The molecule has 0 saturated carbocycles. The number of aryl methyl sites for hydroxylation is 1. The molecule has 0 saturated heterocycles. The van der Waals surface area contributed by atoms with Gasteiger partial charge in [0.1, 0.15) is 11.6 Å². The van der Waals surface area contributed by atoms with E-state index in [1.807, 2.05) is 38.1 Å². The van der Waals surface area contributed by atoms with Gasteiger partial charge in [-0.25, -0.2) is 10.8 Å². The molecule has 0 spiro atoms. The number of hydrogen-bond donors (Lipinski definition) is 2. The van der Waals surface area contributed by atoms with Crippen LogP contribution in [0.1, 0.15) is 37.7 Å². The smallest absolute Gasteiger partial charge is 0.227 e. The van der Waals surface area contributed by atoms with Crippen molar-refractivity contribution in [3.63, 3.8) is 0 Å². The van der Waals surface area contributed by atoms with E-state index < -0.39 is 0 Å². The van der Waals surface area contributed by atoms with E-state index in [-0.39, 0.29) is 5.41 Å². The molecule has 0 amide bonds. The van der Waals surface area contributed by atoms with Crippen molar-refractivity contribution >= 4 is 5.82 Å². The highest BCUT2D eigenvalue weighted by atomic mass is 16.5. The second kappa shape index (κ2) is 5.69. The van der Waals surface area contributed by atoms with Crippen LogP contribution in [0.3, 0.4) is 0 Å². The highest BCUT2D eigenvalue weighted by Gasteiger charge is 2.21. The monoisotopic (exact) mass is 286 g/mol. The van der Waals surface area contributed by atoms with Crippen molar-refractivity contribution in [2.45, 2.75) is 40.0 Å². The van der Waals surface area contributed by atoms with Crippen LogP contribution in [0.4, 0.5) is 5.82 Å². The summed E-state index contributed by atoms with van der Waals surface area (Å²) in [5, 5.41) is 0. The zero-order valence-electron chi connectivity index (χ0n) is 13.2. The minimum atomic E-state index is -0.190. The minimum Gasteiger partial charge on any atom is -0.439 e. The van der Waals surface area contributed by atoms with E-state index in [9.17, 15) is 0 Å². The van der Waals surface area contributed by atoms with Gasteiger partial charge in [0.15, 0.2) is 5.82 Å². The first-order valence-electron chi connectivity index (χ1n) is 6.91. The van der Waals surface area contributed by atoms with E-state index >= 15 is 0 Å². The molecular weight excluding hydrogens is 264 g/mol. The number of nitrogens with two attached hydrogens (primary N) is 1. The molecule has 3 N–H and O–H groups in total. The van der Waals surface area contributed by atoms with Crippen molar-refractivity contribution in [1.82, 2.24) is 9.97 Å². The molecule has 0 fully saturated rings. The third-order valence-electron chi connectivity index (χ3n) is 3.11. The van der Waals surface area contributed by atoms with E-state index in [2.05, 4.69) is 36.2 Å². The lowest BCUT2D eigenvalue weighted by Crippen LogP contribution is -2.20. The number of nitrogen functional groups attached to an aromatic ring is 1. The first-order chi connectivity index (χ1) is 9.81.